The van der Waals surface area contributed by atoms with Gasteiger partial charge in [0.1, 0.15) is 11.7 Å². The monoisotopic (exact) mass is 348 g/mol. The van der Waals surface area contributed by atoms with E-state index in [0.717, 1.165) is 10.9 Å². The van der Waals surface area contributed by atoms with Crippen molar-refractivity contribution in [3.63, 3.8) is 0 Å². The summed E-state index contributed by atoms with van der Waals surface area (Å²) < 4.78 is 12.3. The summed E-state index contributed by atoms with van der Waals surface area (Å²) in [6.07, 6.45) is 0.368. The highest BCUT2D eigenvalue weighted by Gasteiger charge is 2.24. The van der Waals surface area contributed by atoms with Crippen LogP contribution in [-0.4, -0.2) is 41.8 Å². The molecule has 0 aliphatic rings. The van der Waals surface area contributed by atoms with Gasteiger partial charge in [0.15, 0.2) is 11.5 Å². The average Bonchev–Trinajstić information content (AvgIpc) is 2.88. The second-order valence-electron chi connectivity index (χ2n) is 6.35. The number of nitrogens with one attached hydrogen (secondary N) is 1. The number of rotatable bonds is 7. The maximum absolute atomic E-state index is 12.6. The molecule has 1 heterocycles. The van der Waals surface area contributed by atoms with Gasteiger partial charge in [0.25, 0.3) is 5.91 Å². The fourth-order valence-electron chi connectivity index (χ4n) is 2.81. The lowest BCUT2D eigenvalue weighted by Gasteiger charge is -2.16. The van der Waals surface area contributed by atoms with Crippen LogP contribution in [-0.2, 0) is 11.8 Å². The Hall–Kier alpha value is -2.70. The number of carbonyl (C=O) groups is 2. The summed E-state index contributed by atoms with van der Waals surface area (Å²) in [5.74, 6) is -0.182. The van der Waals surface area contributed by atoms with E-state index < -0.39 is 17.9 Å². The van der Waals surface area contributed by atoms with Gasteiger partial charge in [-0.05, 0) is 24.5 Å². The lowest BCUT2D eigenvalue weighted by Crippen LogP contribution is -2.42. The largest absolute Gasteiger partial charge is 0.493 e. The quantitative estimate of drug-likeness (QED) is 0.802. The van der Waals surface area contributed by atoms with Crippen LogP contribution in [0, 0.1) is 5.92 Å². The maximum atomic E-state index is 12.6. The van der Waals surface area contributed by atoms with Crippen molar-refractivity contribution >= 4 is 22.8 Å². The third-order valence-corrected chi connectivity index (χ3v) is 4.09. The van der Waals surface area contributed by atoms with Crippen LogP contribution < -0.4 is 14.8 Å². The van der Waals surface area contributed by atoms with Crippen LogP contribution in [0.5, 0.6) is 11.5 Å². The molecule has 2 N–H and O–H groups in total. The van der Waals surface area contributed by atoms with Crippen molar-refractivity contribution in [1.82, 2.24) is 9.88 Å². The summed E-state index contributed by atoms with van der Waals surface area (Å²) in [6, 6.07) is 4.36. The maximum Gasteiger partial charge on any atom is 0.326 e. The smallest absolute Gasteiger partial charge is 0.326 e. The van der Waals surface area contributed by atoms with Crippen molar-refractivity contribution in [2.45, 2.75) is 26.3 Å². The highest BCUT2D eigenvalue weighted by molar-refractivity contribution is 6.00. The van der Waals surface area contributed by atoms with Gasteiger partial charge >= 0.3 is 5.97 Å². The minimum Gasteiger partial charge on any atom is -0.493 e. The van der Waals surface area contributed by atoms with Crippen molar-refractivity contribution < 1.29 is 24.2 Å². The van der Waals surface area contributed by atoms with E-state index in [1.807, 2.05) is 13.8 Å². The minimum absolute atomic E-state index is 0.155. The first kappa shape index (κ1) is 18.6. The summed E-state index contributed by atoms with van der Waals surface area (Å²) in [6.45, 7) is 3.83. The van der Waals surface area contributed by atoms with Gasteiger partial charge in [-0.25, -0.2) is 4.79 Å². The number of ether oxygens (including phenoxy) is 2. The fourth-order valence-corrected chi connectivity index (χ4v) is 2.81. The van der Waals surface area contributed by atoms with Crippen molar-refractivity contribution in [3.05, 3.63) is 23.9 Å². The van der Waals surface area contributed by atoms with Crippen LogP contribution in [0.1, 0.15) is 30.8 Å². The number of fused-ring (bicyclic) bond motifs is 1. The summed E-state index contributed by atoms with van der Waals surface area (Å²) in [5.41, 5.74) is 1.17. The standard InChI is InChI=1S/C18H24N2O5/c1-10(2)6-12(18(22)23)19-17(21)14-7-11-8-15(24-4)16(25-5)9-13(11)20(14)3/h7-10,12H,6H2,1-5H3,(H,19,21)(H,22,23). The van der Waals surface area contributed by atoms with E-state index in [2.05, 4.69) is 5.32 Å². The molecule has 7 nitrogen and oxygen atoms in total. The van der Waals surface area contributed by atoms with Crippen LogP contribution in [0.2, 0.25) is 0 Å². The molecular formula is C18H24N2O5. The lowest BCUT2D eigenvalue weighted by atomic mass is 10.0. The van der Waals surface area contributed by atoms with Gasteiger partial charge in [-0.2, -0.15) is 0 Å². The van der Waals surface area contributed by atoms with Crippen LogP contribution in [0.25, 0.3) is 10.9 Å². The average molecular weight is 348 g/mol. The van der Waals surface area contributed by atoms with Gasteiger partial charge in [0, 0.05) is 18.5 Å². The zero-order chi connectivity index (χ0) is 18.7. The summed E-state index contributed by atoms with van der Waals surface area (Å²) in [7, 11) is 4.84. The first-order chi connectivity index (χ1) is 11.8. The van der Waals surface area contributed by atoms with Crippen LogP contribution in [0.4, 0.5) is 0 Å². The predicted octanol–water partition coefficient (Wildman–Crippen LogP) is 2.42. The molecule has 0 spiro atoms. The molecule has 1 amide bonds. The second kappa shape index (κ2) is 7.46. The number of carboxylic acid groups (broad SMARTS) is 1. The Kier molecular flexibility index (Phi) is 5.56. The molecule has 0 saturated carbocycles. The molecule has 136 valence electrons. The zero-order valence-corrected chi connectivity index (χ0v) is 15.1. The van der Waals surface area contributed by atoms with Gasteiger partial charge in [-0.1, -0.05) is 13.8 Å². The molecule has 0 aliphatic heterocycles. The van der Waals surface area contributed by atoms with E-state index in [0.29, 0.717) is 23.6 Å². The molecule has 25 heavy (non-hydrogen) atoms. The van der Waals surface area contributed by atoms with Crippen LogP contribution in [0.3, 0.4) is 0 Å². The molecule has 2 rings (SSSR count). The van der Waals surface area contributed by atoms with Gasteiger partial charge < -0.3 is 24.5 Å². The number of aliphatic carboxylic acids is 1. The number of nitrogens with zero attached hydrogens (tertiary/aromatic N) is 1. The predicted molar refractivity (Wildman–Crippen MR) is 94.4 cm³/mol. The third-order valence-electron chi connectivity index (χ3n) is 4.09. The molecule has 1 atom stereocenters. The number of methoxy groups -OCH3 is 2. The first-order valence-corrected chi connectivity index (χ1v) is 8.03. The van der Waals surface area contributed by atoms with Crippen molar-refractivity contribution in [2.75, 3.05) is 14.2 Å². The highest BCUT2D eigenvalue weighted by atomic mass is 16.5. The van der Waals surface area contributed by atoms with Gasteiger partial charge in [-0.3, -0.25) is 4.79 Å². The zero-order valence-electron chi connectivity index (χ0n) is 15.1. The topological polar surface area (TPSA) is 89.8 Å². The number of aromatic nitrogens is 1. The Labute approximate surface area is 146 Å². The number of amides is 1. The van der Waals surface area contributed by atoms with Crippen molar-refractivity contribution in [1.29, 1.82) is 0 Å². The molecule has 0 bridgehead atoms. The van der Waals surface area contributed by atoms with E-state index in [9.17, 15) is 14.7 Å². The van der Waals surface area contributed by atoms with Gasteiger partial charge in [0.2, 0.25) is 0 Å². The number of hydrogen-bond donors (Lipinski definition) is 2. The van der Waals surface area contributed by atoms with E-state index >= 15 is 0 Å². The molecule has 2 aromatic rings. The normalized spacial score (nSPS) is 12.2. The summed E-state index contributed by atoms with van der Waals surface area (Å²) in [5, 5.41) is 12.7. The molecule has 1 aromatic heterocycles. The van der Waals surface area contributed by atoms with Crippen LogP contribution in [0.15, 0.2) is 18.2 Å². The number of carboxylic acids is 1. The molecule has 0 fully saturated rings. The Morgan fingerprint density at radius 2 is 1.76 bits per heavy atom. The van der Waals surface area contributed by atoms with E-state index in [1.165, 1.54) is 0 Å². The Morgan fingerprint density at radius 1 is 1.16 bits per heavy atom. The fraction of sp³-hybridized carbons (Fsp3) is 0.444. The van der Waals surface area contributed by atoms with Crippen molar-refractivity contribution in [3.8, 4) is 11.5 Å². The number of carbonyl (C=O) groups excluding carboxylic acids is 1. The Morgan fingerprint density at radius 3 is 2.28 bits per heavy atom. The van der Waals surface area contributed by atoms with Crippen molar-refractivity contribution in [2.24, 2.45) is 13.0 Å². The molecule has 1 unspecified atom stereocenters. The SMILES string of the molecule is COc1cc2cc(C(=O)NC(CC(C)C)C(=O)O)n(C)c2cc1OC. The summed E-state index contributed by atoms with van der Waals surface area (Å²) in [4.78, 5) is 24.0. The number of hydrogen-bond acceptors (Lipinski definition) is 4. The van der Waals surface area contributed by atoms with Gasteiger partial charge in [0.05, 0.1) is 19.7 Å². The van der Waals surface area contributed by atoms with E-state index in [1.54, 1.807) is 44.0 Å². The van der Waals surface area contributed by atoms with Gasteiger partial charge in [-0.15, -0.1) is 0 Å². The van der Waals surface area contributed by atoms with E-state index in [-0.39, 0.29) is 5.92 Å². The Bertz CT molecular complexity index is 794. The third kappa shape index (κ3) is 3.87. The lowest BCUT2D eigenvalue weighted by molar-refractivity contribution is -0.139. The molecule has 1 aromatic carbocycles. The molecule has 0 radical (unpaired) electrons. The molecule has 0 saturated heterocycles. The highest BCUT2D eigenvalue weighted by Crippen LogP contribution is 2.33. The first-order valence-electron chi connectivity index (χ1n) is 8.03. The molecular weight excluding hydrogens is 324 g/mol. The second-order valence-corrected chi connectivity index (χ2v) is 6.35. The number of benzene rings is 1. The van der Waals surface area contributed by atoms with Crippen LogP contribution >= 0.6 is 0 Å². The molecule has 0 aliphatic carbocycles. The summed E-state index contributed by atoms with van der Waals surface area (Å²) >= 11 is 0. The van der Waals surface area contributed by atoms with E-state index in [4.69, 9.17) is 9.47 Å². The Balaban J connectivity index is 2.38. The number of aryl methyl sites for hydroxylation is 1. The molecule has 7 heteroatoms. The minimum atomic E-state index is -1.04.